The van der Waals surface area contributed by atoms with Gasteiger partial charge in [0.1, 0.15) is 11.6 Å². The van der Waals surface area contributed by atoms with E-state index in [4.69, 9.17) is 0 Å². The van der Waals surface area contributed by atoms with Gasteiger partial charge in [0.05, 0.1) is 17.6 Å². The summed E-state index contributed by atoms with van der Waals surface area (Å²) in [6.45, 7) is 3.72. The Balaban J connectivity index is 1.62. The number of H-pyrrole nitrogens is 1. The Morgan fingerprint density at radius 1 is 1.09 bits per heavy atom. The summed E-state index contributed by atoms with van der Waals surface area (Å²) < 4.78 is 0. The molecule has 5 heteroatoms. The van der Waals surface area contributed by atoms with Gasteiger partial charge in [0.25, 0.3) is 0 Å². The molecule has 0 aliphatic rings. The van der Waals surface area contributed by atoms with Crippen molar-refractivity contribution in [3.05, 3.63) is 53.9 Å². The van der Waals surface area contributed by atoms with Crippen LogP contribution in [0.3, 0.4) is 0 Å². The van der Waals surface area contributed by atoms with E-state index in [0.717, 1.165) is 54.2 Å². The van der Waals surface area contributed by atoms with E-state index in [1.165, 1.54) is 0 Å². The van der Waals surface area contributed by atoms with Crippen LogP contribution in [-0.2, 0) is 19.5 Å². The molecular weight excluding hydrogens is 274 g/mol. The lowest BCUT2D eigenvalue weighted by Gasteiger charge is -2.14. The number of hydrogen-bond acceptors (Lipinski definition) is 4. The minimum atomic E-state index is 0.769. The third-order valence-electron chi connectivity index (χ3n) is 3.54. The Morgan fingerprint density at radius 3 is 2.59 bits per heavy atom. The van der Waals surface area contributed by atoms with Crippen LogP contribution in [0.5, 0.6) is 0 Å². The highest BCUT2D eigenvalue weighted by molar-refractivity contribution is 5.74. The molecule has 0 saturated carbocycles. The van der Waals surface area contributed by atoms with Crippen LogP contribution in [0.25, 0.3) is 11.0 Å². The number of imidazole rings is 1. The van der Waals surface area contributed by atoms with Gasteiger partial charge in [0.15, 0.2) is 0 Å². The number of nitrogens with zero attached hydrogens (tertiary/aromatic N) is 4. The van der Waals surface area contributed by atoms with Crippen LogP contribution in [0.1, 0.15) is 30.6 Å². The van der Waals surface area contributed by atoms with Gasteiger partial charge in [-0.1, -0.05) is 19.1 Å². The zero-order valence-corrected chi connectivity index (χ0v) is 13.1. The lowest BCUT2D eigenvalue weighted by atomic mass is 10.3. The highest BCUT2D eigenvalue weighted by Gasteiger charge is 2.07. The first kappa shape index (κ1) is 14.7. The van der Waals surface area contributed by atoms with Gasteiger partial charge >= 0.3 is 0 Å². The highest BCUT2D eigenvalue weighted by atomic mass is 15.1. The molecule has 2 heterocycles. The molecule has 0 radical (unpaired) electrons. The molecule has 0 fully saturated rings. The molecule has 0 aliphatic heterocycles. The second-order valence-corrected chi connectivity index (χ2v) is 5.63. The van der Waals surface area contributed by atoms with Crippen molar-refractivity contribution in [1.82, 2.24) is 24.8 Å². The molecule has 1 aromatic carbocycles. The van der Waals surface area contributed by atoms with E-state index in [9.17, 15) is 0 Å². The Morgan fingerprint density at radius 2 is 1.86 bits per heavy atom. The number of aromatic amines is 1. The second kappa shape index (κ2) is 6.66. The summed E-state index contributed by atoms with van der Waals surface area (Å²) in [6.07, 6.45) is 5.86. The van der Waals surface area contributed by atoms with Crippen LogP contribution in [0.15, 0.2) is 36.7 Å². The van der Waals surface area contributed by atoms with E-state index in [2.05, 4.69) is 38.8 Å². The first-order valence-electron chi connectivity index (χ1n) is 7.66. The molecule has 1 N–H and O–H groups in total. The van der Waals surface area contributed by atoms with E-state index >= 15 is 0 Å². The van der Waals surface area contributed by atoms with Crippen molar-refractivity contribution < 1.29 is 0 Å². The Kier molecular flexibility index (Phi) is 4.44. The Hall–Kier alpha value is -2.27. The molecule has 0 bridgehead atoms. The zero-order chi connectivity index (χ0) is 15.4. The summed E-state index contributed by atoms with van der Waals surface area (Å²) in [4.78, 5) is 19.0. The van der Waals surface area contributed by atoms with Crippen LogP contribution in [-0.4, -0.2) is 31.9 Å². The van der Waals surface area contributed by atoms with Crippen molar-refractivity contribution in [2.24, 2.45) is 0 Å². The number of fused-ring (bicyclic) bond motifs is 1. The summed E-state index contributed by atoms with van der Waals surface area (Å²) >= 11 is 0. The smallest absolute Gasteiger partial charge is 0.128 e. The summed E-state index contributed by atoms with van der Waals surface area (Å²) in [7, 11) is 2.08. The maximum absolute atomic E-state index is 4.60. The molecule has 5 nitrogen and oxygen atoms in total. The minimum Gasteiger partial charge on any atom is -0.341 e. The number of benzene rings is 1. The van der Waals surface area contributed by atoms with Gasteiger partial charge in [-0.05, 0) is 25.6 Å². The molecule has 0 spiro atoms. The zero-order valence-electron chi connectivity index (χ0n) is 13.1. The van der Waals surface area contributed by atoms with Crippen molar-refractivity contribution in [3.8, 4) is 0 Å². The molecule has 22 heavy (non-hydrogen) atoms. The fourth-order valence-corrected chi connectivity index (χ4v) is 2.52. The predicted octanol–water partition coefficient (Wildman–Crippen LogP) is 2.94. The van der Waals surface area contributed by atoms with Crippen LogP contribution < -0.4 is 0 Å². The van der Waals surface area contributed by atoms with Gasteiger partial charge in [-0.15, -0.1) is 0 Å². The van der Waals surface area contributed by atoms with E-state index in [0.29, 0.717) is 0 Å². The van der Waals surface area contributed by atoms with E-state index in [1.807, 2.05) is 36.7 Å². The maximum atomic E-state index is 4.60. The van der Waals surface area contributed by atoms with Crippen molar-refractivity contribution in [1.29, 1.82) is 0 Å². The van der Waals surface area contributed by atoms with Gasteiger partial charge < -0.3 is 4.98 Å². The second-order valence-electron chi connectivity index (χ2n) is 5.63. The molecule has 0 amide bonds. The van der Waals surface area contributed by atoms with Crippen molar-refractivity contribution in [2.75, 3.05) is 7.05 Å². The number of hydrogen-bond donors (Lipinski definition) is 1. The SMILES string of the molecule is CCCc1ncc(CN(C)Cc2nc3ccccc3[nH]2)cn1. The highest BCUT2D eigenvalue weighted by Crippen LogP contribution is 2.12. The predicted molar refractivity (Wildman–Crippen MR) is 87.3 cm³/mol. The average Bonchev–Trinajstić information content (AvgIpc) is 2.91. The number of nitrogens with one attached hydrogen (secondary N) is 1. The molecule has 2 aromatic heterocycles. The van der Waals surface area contributed by atoms with Crippen molar-refractivity contribution in [3.63, 3.8) is 0 Å². The standard InChI is InChI=1S/C17H21N5/c1-3-6-16-18-9-13(10-19-16)11-22(2)12-17-20-14-7-4-5-8-15(14)21-17/h4-5,7-10H,3,6,11-12H2,1-2H3,(H,20,21). The number of aryl methyl sites for hydroxylation is 1. The van der Waals surface area contributed by atoms with Crippen LogP contribution >= 0.6 is 0 Å². The summed E-state index contributed by atoms with van der Waals surface area (Å²) in [5.74, 6) is 1.90. The minimum absolute atomic E-state index is 0.769. The van der Waals surface area contributed by atoms with E-state index in [1.54, 1.807) is 0 Å². The van der Waals surface area contributed by atoms with Gasteiger partial charge in [0, 0.05) is 30.9 Å². The molecule has 0 atom stereocenters. The van der Waals surface area contributed by atoms with Gasteiger partial charge in [-0.25, -0.2) is 15.0 Å². The van der Waals surface area contributed by atoms with Gasteiger partial charge in [0.2, 0.25) is 0 Å². The molecule has 0 saturated heterocycles. The number of para-hydroxylation sites is 2. The van der Waals surface area contributed by atoms with Crippen LogP contribution in [0, 0.1) is 0 Å². The summed E-state index contributed by atoms with van der Waals surface area (Å²) in [5.41, 5.74) is 3.22. The quantitative estimate of drug-likeness (QED) is 0.759. The first-order valence-corrected chi connectivity index (χ1v) is 7.66. The number of aromatic nitrogens is 4. The molecule has 3 rings (SSSR count). The third-order valence-corrected chi connectivity index (χ3v) is 3.54. The normalized spacial score (nSPS) is 11.4. The topological polar surface area (TPSA) is 57.7 Å². The molecular formula is C17H21N5. The summed E-state index contributed by atoms with van der Waals surface area (Å²) in [6, 6.07) is 8.09. The fourth-order valence-electron chi connectivity index (χ4n) is 2.52. The van der Waals surface area contributed by atoms with E-state index in [-0.39, 0.29) is 0 Å². The van der Waals surface area contributed by atoms with Gasteiger partial charge in [-0.3, -0.25) is 4.90 Å². The Labute approximate surface area is 130 Å². The Bertz CT molecular complexity index is 699. The van der Waals surface area contributed by atoms with Crippen LogP contribution in [0.2, 0.25) is 0 Å². The van der Waals surface area contributed by atoms with Crippen molar-refractivity contribution >= 4 is 11.0 Å². The van der Waals surface area contributed by atoms with E-state index < -0.39 is 0 Å². The lowest BCUT2D eigenvalue weighted by molar-refractivity contribution is 0.311. The first-order chi connectivity index (χ1) is 10.7. The molecule has 3 aromatic rings. The molecule has 114 valence electrons. The monoisotopic (exact) mass is 295 g/mol. The molecule has 0 aliphatic carbocycles. The lowest BCUT2D eigenvalue weighted by Crippen LogP contribution is -2.18. The maximum Gasteiger partial charge on any atom is 0.128 e. The largest absolute Gasteiger partial charge is 0.341 e. The average molecular weight is 295 g/mol. The van der Waals surface area contributed by atoms with Crippen LogP contribution in [0.4, 0.5) is 0 Å². The van der Waals surface area contributed by atoms with Crippen molar-refractivity contribution in [2.45, 2.75) is 32.9 Å². The molecule has 0 unspecified atom stereocenters. The summed E-state index contributed by atoms with van der Waals surface area (Å²) in [5, 5.41) is 0. The number of rotatable bonds is 6. The fraction of sp³-hybridized carbons (Fsp3) is 0.353. The third kappa shape index (κ3) is 3.49. The van der Waals surface area contributed by atoms with Gasteiger partial charge in [-0.2, -0.15) is 0 Å².